The third-order valence-corrected chi connectivity index (χ3v) is 5.28. The fourth-order valence-electron chi connectivity index (χ4n) is 2.54. The molecule has 0 radical (unpaired) electrons. The summed E-state index contributed by atoms with van der Waals surface area (Å²) in [7, 11) is -4.01. The van der Waals surface area contributed by atoms with Crippen molar-refractivity contribution in [3.63, 3.8) is 0 Å². The molecule has 1 aromatic heterocycles. The minimum atomic E-state index is -4.01. The van der Waals surface area contributed by atoms with Gasteiger partial charge in [0.05, 0.1) is 36.4 Å². The third kappa shape index (κ3) is 5.21. The highest BCUT2D eigenvalue weighted by Gasteiger charge is 2.19. The van der Waals surface area contributed by atoms with Crippen molar-refractivity contribution in [2.24, 2.45) is 0 Å². The molecule has 1 heterocycles. The van der Waals surface area contributed by atoms with Crippen LogP contribution in [0.15, 0.2) is 71.9 Å². The molecule has 1 amide bonds. The summed E-state index contributed by atoms with van der Waals surface area (Å²) in [6.45, 7) is -0.214. The molecule has 0 fully saturated rings. The van der Waals surface area contributed by atoms with E-state index in [1.54, 1.807) is 0 Å². The summed E-state index contributed by atoms with van der Waals surface area (Å²) >= 11 is 0. The molecule has 0 aliphatic rings. The van der Waals surface area contributed by atoms with E-state index in [2.05, 4.69) is 20.2 Å². The Bertz CT molecular complexity index is 1030. The lowest BCUT2D eigenvalue weighted by Crippen LogP contribution is -2.40. The standard InChI is InChI=1S/C18H18FN5O3S/c19-15-7-4-8-16(11-15)28(26,27)22-12-18(25)23-17(13-24-20-9-10-21-24)14-5-2-1-3-6-14/h1-11,17,22H,12-13H2,(H,23,25). The summed E-state index contributed by atoms with van der Waals surface area (Å²) in [6, 6.07) is 13.3. The monoisotopic (exact) mass is 403 g/mol. The number of carbonyl (C=O) groups excluding carboxylic acids is 1. The van der Waals surface area contributed by atoms with Gasteiger partial charge in [0.15, 0.2) is 0 Å². The minimum absolute atomic E-state index is 0.249. The van der Waals surface area contributed by atoms with Crippen molar-refractivity contribution in [1.82, 2.24) is 25.0 Å². The Morgan fingerprint density at radius 3 is 2.46 bits per heavy atom. The Morgan fingerprint density at radius 2 is 1.79 bits per heavy atom. The average Bonchev–Trinajstić information content (AvgIpc) is 3.20. The van der Waals surface area contributed by atoms with Crippen LogP contribution in [0, 0.1) is 5.82 Å². The SMILES string of the molecule is O=C(CNS(=O)(=O)c1cccc(F)c1)NC(Cn1nccn1)c1ccccc1. The Balaban J connectivity index is 1.66. The first kappa shape index (κ1) is 19.6. The average molecular weight is 403 g/mol. The predicted octanol–water partition coefficient (Wildman–Crippen LogP) is 1.25. The second-order valence-corrected chi connectivity index (χ2v) is 7.66. The summed E-state index contributed by atoms with van der Waals surface area (Å²) in [6.07, 6.45) is 3.05. The maximum atomic E-state index is 13.3. The number of sulfonamides is 1. The van der Waals surface area contributed by atoms with Gasteiger partial charge in [0.25, 0.3) is 0 Å². The lowest BCUT2D eigenvalue weighted by atomic mass is 10.1. The molecule has 0 saturated carbocycles. The molecule has 10 heteroatoms. The summed E-state index contributed by atoms with van der Waals surface area (Å²) in [5.74, 6) is -1.22. The highest BCUT2D eigenvalue weighted by Crippen LogP contribution is 2.14. The van der Waals surface area contributed by atoms with E-state index in [-0.39, 0.29) is 11.4 Å². The molecule has 1 unspecified atom stereocenters. The van der Waals surface area contributed by atoms with Crippen LogP contribution < -0.4 is 10.0 Å². The van der Waals surface area contributed by atoms with E-state index in [1.807, 2.05) is 30.3 Å². The van der Waals surface area contributed by atoms with Crippen LogP contribution in [0.4, 0.5) is 4.39 Å². The van der Waals surface area contributed by atoms with Gasteiger partial charge in [0.1, 0.15) is 5.82 Å². The van der Waals surface area contributed by atoms with Crippen molar-refractivity contribution in [3.8, 4) is 0 Å². The number of nitrogens with zero attached hydrogens (tertiary/aromatic N) is 3. The van der Waals surface area contributed by atoms with E-state index < -0.39 is 34.3 Å². The van der Waals surface area contributed by atoms with Crippen molar-refractivity contribution in [1.29, 1.82) is 0 Å². The minimum Gasteiger partial charge on any atom is -0.346 e. The Morgan fingerprint density at radius 1 is 1.07 bits per heavy atom. The first-order valence-corrected chi connectivity index (χ1v) is 9.86. The van der Waals surface area contributed by atoms with Crippen LogP contribution in [0.1, 0.15) is 11.6 Å². The molecular formula is C18H18FN5O3S. The number of hydrogen-bond donors (Lipinski definition) is 2. The molecule has 0 aliphatic carbocycles. The molecule has 0 aliphatic heterocycles. The molecule has 2 N–H and O–H groups in total. The Kier molecular flexibility index (Phi) is 6.12. The van der Waals surface area contributed by atoms with Gasteiger partial charge in [-0.2, -0.15) is 15.0 Å². The normalized spacial score (nSPS) is 12.5. The lowest BCUT2D eigenvalue weighted by molar-refractivity contribution is -0.120. The third-order valence-electron chi connectivity index (χ3n) is 3.88. The fraction of sp³-hybridized carbons (Fsp3) is 0.167. The van der Waals surface area contributed by atoms with Gasteiger partial charge in [0, 0.05) is 0 Å². The summed E-state index contributed by atoms with van der Waals surface area (Å²) in [5, 5.41) is 10.8. The van der Waals surface area contributed by atoms with Gasteiger partial charge >= 0.3 is 0 Å². The number of hydrogen-bond acceptors (Lipinski definition) is 5. The second kappa shape index (κ2) is 8.72. The lowest BCUT2D eigenvalue weighted by Gasteiger charge is -2.19. The molecule has 3 rings (SSSR count). The number of aromatic nitrogens is 3. The number of amides is 1. The number of nitrogens with one attached hydrogen (secondary N) is 2. The van der Waals surface area contributed by atoms with Gasteiger partial charge in [-0.1, -0.05) is 36.4 Å². The zero-order chi connectivity index (χ0) is 20.0. The zero-order valence-corrected chi connectivity index (χ0v) is 15.5. The molecule has 146 valence electrons. The maximum absolute atomic E-state index is 13.3. The van der Waals surface area contributed by atoms with Crippen molar-refractivity contribution in [2.45, 2.75) is 17.5 Å². The topological polar surface area (TPSA) is 106 Å². The van der Waals surface area contributed by atoms with Gasteiger partial charge in [-0.05, 0) is 23.8 Å². The van der Waals surface area contributed by atoms with Gasteiger partial charge in [-0.25, -0.2) is 17.5 Å². The predicted molar refractivity (Wildman–Crippen MR) is 98.9 cm³/mol. The largest absolute Gasteiger partial charge is 0.346 e. The smallest absolute Gasteiger partial charge is 0.241 e. The highest BCUT2D eigenvalue weighted by molar-refractivity contribution is 7.89. The van der Waals surface area contributed by atoms with Crippen LogP contribution in [-0.4, -0.2) is 35.9 Å². The van der Waals surface area contributed by atoms with E-state index in [9.17, 15) is 17.6 Å². The van der Waals surface area contributed by atoms with Crippen molar-refractivity contribution in [2.75, 3.05) is 6.54 Å². The molecule has 1 atom stereocenters. The van der Waals surface area contributed by atoms with Crippen LogP contribution in [-0.2, 0) is 21.4 Å². The first-order chi connectivity index (χ1) is 13.4. The number of benzene rings is 2. The van der Waals surface area contributed by atoms with Crippen molar-refractivity contribution < 1.29 is 17.6 Å². The Labute approximate surface area is 161 Å². The number of carbonyl (C=O) groups is 1. The van der Waals surface area contributed by atoms with E-state index in [0.29, 0.717) is 0 Å². The molecule has 0 bridgehead atoms. The van der Waals surface area contributed by atoms with E-state index in [0.717, 1.165) is 17.7 Å². The quantitative estimate of drug-likeness (QED) is 0.589. The van der Waals surface area contributed by atoms with Crippen LogP contribution in [0.2, 0.25) is 0 Å². The van der Waals surface area contributed by atoms with Gasteiger partial charge in [-0.3, -0.25) is 4.79 Å². The van der Waals surface area contributed by atoms with Crippen molar-refractivity contribution >= 4 is 15.9 Å². The van der Waals surface area contributed by atoms with Gasteiger partial charge in [0.2, 0.25) is 15.9 Å². The molecule has 0 saturated heterocycles. The number of halogens is 1. The molecule has 8 nitrogen and oxygen atoms in total. The molecular weight excluding hydrogens is 385 g/mol. The summed E-state index contributed by atoms with van der Waals surface area (Å²) in [5.41, 5.74) is 0.820. The van der Waals surface area contributed by atoms with E-state index >= 15 is 0 Å². The fourth-order valence-corrected chi connectivity index (χ4v) is 3.56. The van der Waals surface area contributed by atoms with Crippen LogP contribution >= 0.6 is 0 Å². The molecule has 3 aromatic rings. The van der Waals surface area contributed by atoms with E-state index in [1.165, 1.54) is 29.3 Å². The molecule has 28 heavy (non-hydrogen) atoms. The van der Waals surface area contributed by atoms with Crippen LogP contribution in [0.25, 0.3) is 0 Å². The summed E-state index contributed by atoms with van der Waals surface area (Å²) < 4.78 is 39.9. The van der Waals surface area contributed by atoms with Crippen LogP contribution in [0.5, 0.6) is 0 Å². The molecule has 2 aromatic carbocycles. The van der Waals surface area contributed by atoms with Gasteiger partial charge in [-0.15, -0.1) is 0 Å². The zero-order valence-electron chi connectivity index (χ0n) is 14.7. The number of rotatable bonds is 8. The first-order valence-electron chi connectivity index (χ1n) is 8.38. The Hall–Kier alpha value is -3.11. The molecule has 0 spiro atoms. The summed E-state index contributed by atoms with van der Waals surface area (Å²) in [4.78, 5) is 13.5. The second-order valence-electron chi connectivity index (χ2n) is 5.90. The van der Waals surface area contributed by atoms with Crippen LogP contribution in [0.3, 0.4) is 0 Å². The maximum Gasteiger partial charge on any atom is 0.241 e. The van der Waals surface area contributed by atoms with Crippen molar-refractivity contribution in [3.05, 3.63) is 78.4 Å². The van der Waals surface area contributed by atoms with E-state index in [4.69, 9.17) is 0 Å². The highest BCUT2D eigenvalue weighted by atomic mass is 32.2. The van der Waals surface area contributed by atoms with Gasteiger partial charge < -0.3 is 5.32 Å².